The van der Waals surface area contributed by atoms with Crippen LogP contribution in [0.3, 0.4) is 0 Å². The van der Waals surface area contributed by atoms with E-state index in [1.165, 1.54) is 5.56 Å². The van der Waals surface area contributed by atoms with Gasteiger partial charge >= 0.3 is 0 Å². The van der Waals surface area contributed by atoms with Crippen molar-refractivity contribution in [2.75, 3.05) is 11.4 Å². The minimum absolute atomic E-state index is 0.0344. The van der Waals surface area contributed by atoms with Crippen LogP contribution in [0.4, 0.5) is 5.69 Å². The zero-order valence-electron chi connectivity index (χ0n) is 10.9. The molecule has 0 N–H and O–H groups in total. The first-order valence-electron chi connectivity index (χ1n) is 6.55. The van der Waals surface area contributed by atoms with Crippen molar-refractivity contribution in [2.45, 2.75) is 13.3 Å². The molecule has 0 spiro atoms. The predicted octanol–water partition coefficient (Wildman–Crippen LogP) is 2.92. The topological polar surface area (TPSA) is 33.2 Å². The van der Waals surface area contributed by atoms with Crippen LogP contribution in [0.5, 0.6) is 0 Å². The third-order valence-electron chi connectivity index (χ3n) is 3.50. The summed E-state index contributed by atoms with van der Waals surface area (Å²) >= 11 is 0. The lowest BCUT2D eigenvalue weighted by Crippen LogP contribution is -2.39. The third-order valence-corrected chi connectivity index (χ3v) is 3.50. The van der Waals surface area contributed by atoms with Crippen LogP contribution in [0.25, 0.3) is 0 Å². The van der Waals surface area contributed by atoms with Crippen LogP contribution < -0.4 is 4.90 Å². The number of para-hydroxylation sites is 1. The highest BCUT2D eigenvalue weighted by Crippen LogP contribution is 2.30. The summed E-state index contributed by atoms with van der Waals surface area (Å²) in [6.45, 7) is 2.95. The van der Waals surface area contributed by atoms with Crippen LogP contribution in [-0.2, 0) is 6.42 Å². The number of carbonyl (C=O) groups excluding carboxylic acids is 1. The van der Waals surface area contributed by atoms with Crippen molar-refractivity contribution in [3.05, 3.63) is 59.9 Å². The van der Waals surface area contributed by atoms with Crippen LogP contribution >= 0.6 is 0 Å². The van der Waals surface area contributed by atoms with Gasteiger partial charge in [-0.2, -0.15) is 0 Å². The highest BCUT2D eigenvalue weighted by molar-refractivity contribution is 6.06. The largest absolute Gasteiger partial charge is 0.308 e. The molecule has 1 unspecified atom stereocenters. The van der Waals surface area contributed by atoms with Gasteiger partial charge in [-0.3, -0.25) is 9.78 Å². The molecule has 1 aliphatic rings. The molecule has 0 saturated heterocycles. The minimum atomic E-state index is 0.0344. The highest BCUT2D eigenvalue weighted by atomic mass is 16.2. The molecule has 3 nitrogen and oxygen atoms in total. The molecule has 3 rings (SSSR count). The maximum absolute atomic E-state index is 12.6. The van der Waals surface area contributed by atoms with E-state index < -0.39 is 0 Å². The second-order valence-electron chi connectivity index (χ2n) is 5.10. The minimum Gasteiger partial charge on any atom is -0.308 e. The average molecular weight is 252 g/mol. The third kappa shape index (κ3) is 2.24. The summed E-state index contributed by atoms with van der Waals surface area (Å²) in [4.78, 5) is 18.5. The Morgan fingerprint density at radius 2 is 2.11 bits per heavy atom. The molecule has 1 amide bonds. The molecule has 0 fully saturated rings. The van der Waals surface area contributed by atoms with Crippen LogP contribution in [0.1, 0.15) is 22.8 Å². The lowest BCUT2D eigenvalue weighted by atomic mass is 9.93. The molecular formula is C16H16N2O. The molecule has 19 heavy (non-hydrogen) atoms. The van der Waals surface area contributed by atoms with E-state index in [9.17, 15) is 4.79 Å². The van der Waals surface area contributed by atoms with Gasteiger partial charge in [0.2, 0.25) is 0 Å². The molecule has 96 valence electrons. The summed E-state index contributed by atoms with van der Waals surface area (Å²) in [6.07, 6.45) is 4.35. The number of benzene rings is 1. The number of carbonyl (C=O) groups is 1. The fraction of sp³-hybridized carbons (Fsp3) is 0.250. The van der Waals surface area contributed by atoms with E-state index in [0.717, 1.165) is 18.7 Å². The number of hydrogen-bond donors (Lipinski definition) is 0. The summed E-state index contributed by atoms with van der Waals surface area (Å²) < 4.78 is 0. The molecule has 0 radical (unpaired) electrons. The van der Waals surface area contributed by atoms with E-state index in [1.807, 2.05) is 29.2 Å². The van der Waals surface area contributed by atoms with Crippen LogP contribution in [0, 0.1) is 5.92 Å². The van der Waals surface area contributed by atoms with Gasteiger partial charge in [0.05, 0.1) is 5.56 Å². The second kappa shape index (κ2) is 4.84. The molecule has 1 aliphatic heterocycles. The summed E-state index contributed by atoms with van der Waals surface area (Å²) in [5.41, 5.74) is 2.93. The number of aromatic nitrogens is 1. The van der Waals surface area contributed by atoms with Gasteiger partial charge in [0.15, 0.2) is 0 Å². The first kappa shape index (κ1) is 11.9. The van der Waals surface area contributed by atoms with Crippen LogP contribution in [-0.4, -0.2) is 17.4 Å². The van der Waals surface area contributed by atoms with Crippen molar-refractivity contribution in [3.8, 4) is 0 Å². The average Bonchev–Trinajstić information content (AvgIpc) is 2.46. The van der Waals surface area contributed by atoms with Gasteiger partial charge in [-0.1, -0.05) is 25.1 Å². The lowest BCUT2D eigenvalue weighted by molar-refractivity contribution is 0.0980. The van der Waals surface area contributed by atoms with Gasteiger partial charge in [0, 0.05) is 24.6 Å². The first-order chi connectivity index (χ1) is 9.25. The smallest absolute Gasteiger partial charge is 0.259 e. The van der Waals surface area contributed by atoms with E-state index in [0.29, 0.717) is 11.5 Å². The van der Waals surface area contributed by atoms with Crippen molar-refractivity contribution < 1.29 is 4.79 Å². The maximum atomic E-state index is 12.6. The number of fused-ring (bicyclic) bond motifs is 1. The molecule has 0 bridgehead atoms. The van der Waals surface area contributed by atoms with E-state index in [1.54, 1.807) is 18.5 Å². The summed E-state index contributed by atoms with van der Waals surface area (Å²) in [5, 5.41) is 0. The van der Waals surface area contributed by atoms with Gasteiger partial charge in [-0.05, 0) is 36.1 Å². The first-order valence-corrected chi connectivity index (χ1v) is 6.55. The van der Waals surface area contributed by atoms with Gasteiger partial charge in [-0.15, -0.1) is 0 Å². The predicted molar refractivity (Wildman–Crippen MR) is 75.2 cm³/mol. The fourth-order valence-corrected chi connectivity index (χ4v) is 2.63. The Balaban J connectivity index is 1.99. The van der Waals surface area contributed by atoms with Crippen molar-refractivity contribution in [1.29, 1.82) is 0 Å². The summed E-state index contributed by atoms with van der Waals surface area (Å²) in [5.74, 6) is 0.516. The van der Waals surface area contributed by atoms with E-state index in [-0.39, 0.29) is 5.91 Å². The molecule has 2 heterocycles. The normalized spacial score (nSPS) is 17.9. The molecule has 0 saturated carbocycles. The Morgan fingerprint density at radius 3 is 2.89 bits per heavy atom. The number of rotatable bonds is 1. The molecule has 1 aromatic carbocycles. The molecule has 1 aromatic heterocycles. The number of amides is 1. The van der Waals surface area contributed by atoms with Crippen molar-refractivity contribution in [3.63, 3.8) is 0 Å². The van der Waals surface area contributed by atoms with E-state index >= 15 is 0 Å². The molecule has 0 aliphatic carbocycles. The second-order valence-corrected chi connectivity index (χ2v) is 5.10. The number of anilines is 1. The SMILES string of the molecule is CC1Cc2ccccc2N(C(=O)c2cccnc2)C1. The molecule has 3 heteroatoms. The standard InChI is InChI=1S/C16H16N2O/c1-12-9-13-5-2-3-7-15(13)18(11-12)16(19)14-6-4-8-17-10-14/h2-8,10,12H,9,11H2,1H3. The van der Waals surface area contributed by atoms with Crippen LogP contribution in [0.2, 0.25) is 0 Å². The van der Waals surface area contributed by atoms with Crippen molar-refractivity contribution in [2.24, 2.45) is 5.92 Å². The Morgan fingerprint density at radius 1 is 1.26 bits per heavy atom. The quantitative estimate of drug-likeness (QED) is 0.782. The Bertz CT molecular complexity index is 595. The molecule has 2 aromatic rings. The monoisotopic (exact) mass is 252 g/mol. The Labute approximate surface area is 112 Å². The van der Waals surface area contributed by atoms with E-state index in [2.05, 4.69) is 18.0 Å². The zero-order chi connectivity index (χ0) is 13.2. The summed E-state index contributed by atoms with van der Waals surface area (Å²) in [6, 6.07) is 11.8. The highest BCUT2D eigenvalue weighted by Gasteiger charge is 2.26. The molecular weight excluding hydrogens is 236 g/mol. The Hall–Kier alpha value is -2.16. The maximum Gasteiger partial charge on any atom is 0.259 e. The number of hydrogen-bond acceptors (Lipinski definition) is 2. The Kier molecular flexibility index (Phi) is 3.03. The van der Waals surface area contributed by atoms with Crippen molar-refractivity contribution >= 4 is 11.6 Å². The van der Waals surface area contributed by atoms with Crippen LogP contribution in [0.15, 0.2) is 48.8 Å². The van der Waals surface area contributed by atoms with E-state index in [4.69, 9.17) is 0 Å². The number of pyridine rings is 1. The van der Waals surface area contributed by atoms with Gasteiger partial charge in [0.1, 0.15) is 0 Å². The number of nitrogens with zero attached hydrogens (tertiary/aromatic N) is 2. The van der Waals surface area contributed by atoms with Gasteiger partial charge < -0.3 is 4.90 Å². The summed E-state index contributed by atoms with van der Waals surface area (Å²) in [7, 11) is 0. The lowest BCUT2D eigenvalue weighted by Gasteiger charge is -2.33. The van der Waals surface area contributed by atoms with Gasteiger partial charge in [-0.25, -0.2) is 0 Å². The van der Waals surface area contributed by atoms with Gasteiger partial charge in [0.25, 0.3) is 5.91 Å². The molecule has 1 atom stereocenters. The zero-order valence-corrected chi connectivity index (χ0v) is 10.9. The fourth-order valence-electron chi connectivity index (χ4n) is 2.63. The van der Waals surface area contributed by atoms with Crippen molar-refractivity contribution in [1.82, 2.24) is 4.98 Å².